The van der Waals surface area contributed by atoms with Crippen molar-refractivity contribution in [1.29, 1.82) is 0 Å². The molecule has 0 N–H and O–H groups in total. The summed E-state index contributed by atoms with van der Waals surface area (Å²) in [6.07, 6.45) is 6.91. The molecule has 2 nitrogen and oxygen atoms in total. The standard InChI is InChI=1S/C13H12O2/c1-3-9-4-5-10-8-11(15-2)6-7-12(10)13(9)14/h1,6-9H,4-5H2,2H3. The van der Waals surface area contributed by atoms with E-state index in [0.717, 1.165) is 29.7 Å². The zero-order chi connectivity index (χ0) is 10.8. The van der Waals surface area contributed by atoms with E-state index in [9.17, 15) is 4.79 Å². The molecular formula is C13H12O2. The highest BCUT2D eigenvalue weighted by atomic mass is 16.5. The zero-order valence-corrected chi connectivity index (χ0v) is 8.62. The Labute approximate surface area is 89.3 Å². The Balaban J connectivity index is 2.42. The summed E-state index contributed by atoms with van der Waals surface area (Å²) in [5.41, 5.74) is 1.80. The van der Waals surface area contributed by atoms with E-state index >= 15 is 0 Å². The van der Waals surface area contributed by atoms with Crippen LogP contribution in [0.15, 0.2) is 18.2 Å². The summed E-state index contributed by atoms with van der Waals surface area (Å²) in [4.78, 5) is 11.9. The van der Waals surface area contributed by atoms with Crippen molar-refractivity contribution in [3.05, 3.63) is 29.3 Å². The molecule has 2 heteroatoms. The van der Waals surface area contributed by atoms with Crippen molar-refractivity contribution in [2.75, 3.05) is 7.11 Å². The lowest BCUT2D eigenvalue weighted by Crippen LogP contribution is -2.21. The molecule has 0 heterocycles. The van der Waals surface area contributed by atoms with Gasteiger partial charge in [-0.15, -0.1) is 6.42 Å². The van der Waals surface area contributed by atoms with Gasteiger partial charge in [0.1, 0.15) is 5.75 Å². The average Bonchev–Trinajstić information content (AvgIpc) is 2.29. The van der Waals surface area contributed by atoms with Crippen molar-refractivity contribution in [2.45, 2.75) is 12.8 Å². The minimum absolute atomic E-state index is 0.0707. The number of carbonyl (C=O) groups excluding carboxylic acids is 1. The van der Waals surface area contributed by atoms with Crippen molar-refractivity contribution in [3.63, 3.8) is 0 Å². The van der Waals surface area contributed by atoms with Gasteiger partial charge in [-0.1, -0.05) is 5.92 Å². The fourth-order valence-electron chi connectivity index (χ4n) is 1.92. The van der Waals surface area contributed by atoms with Crippen LogP contribution in [0.3, 0.4) is 0 Å². The summed E-state index contributed by atoms with van der Waals surface area (Å²) < 4.78 is 5.12. The second kappa shape index (κ2) is 3.78. The van der Waals surface area contributed by atoms with Crippen molar-refractivity contribution < 1.29 is 9.53 Å². The first-order chi connectivity index (χ1) is 7.26. The molecule has 0 bridgehead atoms. The number of methoxy groups -OCH3 is 1. The summed E-state index contributed by atoms with van der Waals surface area (Å²) in [7, 11) is 1.62. The molecule has 0 amide bonds. The molecule has 0 aromatic heterocycles. The summed E-state index contributed by atoms with van der Waals surface area (Å²) >= 11 is 0. The molecule has 2 rings (SSSR count). The Bertz CT molecular complexity index is 440. The highest BCUT2D eigenvalue weighted by Crippen LogP contribution is 2.28. The molecular weight excluding hydrogens is 188 g/mol. The number of hydrogen-bond donors (Lipinski definition) is 0. The first-order valence-electron chi connectivity index (χ1n) is 4.93. The Morgan fingerprint density at radius 2 is 2.33 bits per heavy atom. The number of aryl methyl sites for hydroxylation is 1. The topological polar surface area (TPSA) is 26.3 Å². The molecule has 15 heavy (non-hydrogen) atoms. The van der Waals surface area contributed by atoms with E-state index in [0.29, 0.717) is 0 Å². The van der Waals surface area contributed by atoms with Gasteiger partial charge in [-0.25, -0.2) is 0 Å². The number of rotatable bonds is 1. The summed E-state index contributed by atoms with van der Waals surface area (Å²) in [5.74, 6) is 3.16. The van der Waals surface area contributed by atoms with Crippen molar-refractivity contribution in [3.8, 4) is 18.1 Å². The minimum atomic E-state index is -0.245. The maximum atomic E-state index is 11.9. The van der Waals surface area contributed by atoms with E-state index in [1.807, 2.05) is 6.07 Å². The number of carbonyl (C=O) groups is 1. The van der Waals surface area contributed by atoms with Crippen LogP contribution in [-0.2, 0) is 6.42 Å². The number of benzene rings is 1. The van der Waals surface area contributed by atoms with Gasteiger partial charge < -0.3 is 4.74 Å². The molecule has 1 aromatic carbocycles. The van der Waals surface area contributed by atoms with Gasteiger partial charge in [0.05, 0.1) is 13.0 Å². The number of ketones is 1. The van der Waals surface area contributed by atoms with Crippen LogP contribution in [0, 0.1) is 18.3 Å². The molecule has 1 aliphatic rings. The Morgan fingerprint density at radius 3 is 3.00 bits per heavy atom. The fraction of sp³-hybridized carbons (Fsp3) is 0.308. The lowest BCUT2D eigenvalue weighted by molar-refractivity contribution is 0.0935. The second-order valence-electron chi connectivity index (χ2n) is 3.65. The highest BCUT2D eigenvalue weighted by Gasteiger charge is 2.25. The Morgan fingerprint density at radius 1 is 1.53 bits per heavy atom. The number of fused-ring (bicyclic) bond motifs is 1. The fourth-order valence-corrected chi connectivity index (χ4v) is 1.92. The SMILES string of the molecule is C#CC1CCc2cc(OC)ccc2C1=O. The predicted molar refractivity (Wildman–Crippen MR) is 58.0 cm³/mol. The average molecular weight is 200 g/mol. The van der Waals surface area contributed by atoms with E-state index < -0.39 is 0 Å². The lowest BCUT2D eigenvalue weighted by atomic mass is 9.83. The van der Waals surface area contributed by atoms with Gasteiger partial charge >= 0.3 is 0 Å². The molecule has 1 aromatic rings. The second-order valence-corrected chi connectivity index (χ2v) is 3.65. The lowest BCUT2D eigenvalue weighted by Gasteiger charge is -2.19. The molecule has 1 unspecified atom stereocenters. The normalized spacial score (nSPS) is 19.2. The van der Waals surface area contributed by atoms with Crippen LogP contribution in [0.2, 0.25) is 0 Å². The number of terminal acetylenes is 1. The minimum Gasteiger partial charge on any atom is -0.497 e. The van der Waals surface area contributed by atoms with Crippen molar-refractivity contribution in [2.24, 2.45) is 5.92 Å². The molecule has 0 saturated carbocycles. The van der Waals surface area contributed by atoms with E-state index in [1.165, 1.54) is 0 Å². The molecule has 0 radical (unpaired) electrons. The number of ether oxygens (including phenoxy) is 1. The molecule has 76 valence electrons. The van der Waals surface area contributed by atoms with Crippen LogP contribution in [0.1, 0.15) is 22.3 Å². The molecule has 0 saturated heterocycles. The monoisotopic (exact) mass is 200 g/mol. The Kier molecular flexibility index (Phi) is 2.47. The molecule has 1 atom stereocenters. The third-order valence-electron chi connectivity index (χ3n) is 2.80. The summed E-state index contributed by atoms with van der Waals surface area (Å²) in [6, 6.07) is 5.52. The van der Waals surface area contributed by atoms with Gasteiger partial charge in [-0.2, -0.15) is 0 Å². The van der Waals surface area contributed by atoms with Crippen LogP contribution in [-0.4, -0.2) is 12.9 Å². The van der Waals surface area contributed by atoms with Gasteiger partial charge in [0.15, 0.2) is 5.78 Å². The third-order valence-corrected chi connectivity index (χ3v) is 2.80. The molecule has 0 fully saturated rings. The molecule has 0 spiro atoms. The number of hydrogen-bond acceptors (Lipinski definition) is 2. The molecule has 1 aliphatic carbocycles. The van der Waals surface area contributed by atoms with Gasteiger partial charge in [0, 0.05) is 5.56 Å². The van der Waals surface area contributed by atoms with Gasteiger partial charge in [-0.05, 0) is 36.6 Å². The predicted octanol–water partition coefficient (Wildman–Crippen LogP) is 2.07. The first kappa shape index (κ1) is 9.79. The third kappa shape index (κ3) is 1.61. The summed E-state index contributed by atoms with van der Waals surface area (Å²) in [6.45, 7) is 0. The largest absolute Gasteiger partial charge is 0.497 e. The maximum absolute atomic E-state index is 11.9. The quantitative estimate of drug-likeness (QED) is 0.649. The molecule has 0 aliphatic heterocycles. The number of Topliss-reactive ketones (excluding diaryl/α,β-unsaturated/α-hetero) is 1. The zero-order valence-electron chi connectivity index (χ0n) is 8.62. The summed E-state index contributed by atoms with van der Waals surface area (Å²) in [5, 5.41) is 0. The van der Waals surface area contributed by atoms with E-state index in [-0.39, 0.29) is 11.7 Å². The van der Waals surface area contributed by atoms with Crippen LogP contribution in [0.5, 0.6) is 5.75 Å². The Hall–Kier alpha value is -1.75. The van der Waals surface area contributed by atoms with E-state index in [2.05, 4.69) is 5.92 Å². The maximum Gasteiger partial charge on any atom is 0.178 e. The van der Waals surface area contributed by atoms with Gasteiger partial charge in [0.25, 0.3) is 0 Å². The van der Waals surface area contributed by atoms with Crippen molar-refractivity contribution in [1.82, 2.24) is 0 Å². The first-order valence-corrected chi connectivity index (χ1v) is 4.93. The van der Waals surface area contributed by atoms with Crippen molar-refractivity contribution >= 4 is 5.78 Å². The van der Waals surface area contributed by atoms with Crippen LogP contribution >= 0.6 is 0 Å². The van der Waals surface area contributed by atoms with Crippen LogP contribution in [0.25, 0.3) is 0 Å². The highest BCUT2D eigenvalue weighted by molar-refractivity contribution is 6.01. The van der Waals surface area contributed by atoms with Gasteiger partial charge in [0.2, 0.25) is 0 Å². The van der Waals surface area contributed by atoms with E-state index in [1.54, 1.807) is 19.2 Å². The van der Waals surface area contributed by atoms with Crippen LogP contribution < -0.4 is 4.74 Å². The smallest absolute Gasteiger partial charge is 0.178 e. The van der Waals surface area contributed by atoms with Crippen LogP contribution in [0.4, 0.5) is 0 Å². The van der Waals surface area contributed by atoms with E-state index in [4.69, 9.17) is 11.2 Å². The van der Waals surface area contributed by atoms with Gasteiger partial charge in [-0.3, -0.25) is 4.79 Å².